The molecule has 0 unspecified atom stereocenters. The molecule has 0 aromatic carbocycles. The van der Waals surface area contributed by atoms with E-state index in [-0.39, 0.29) is 17.5 Å². The fourth-order valence-corrected chi connectivity index (χ4v) is 0.883. The summed E-state index contributed by atoms with van der Waals surface area (Å²) in [5.41, 5.74) is 0. The van der Waals surface area contributed by atoms with Gasteiger partial charge in [0.05, 0.1) is 6.26 Å². The van der Waals surface area contributed by atoms with Gasteiger partial charge in [-0.3, -0.25) is 0 Å². The van der Waals surface area contributed by atoms with Crippen LogP contribution >= 0.6 is 12.4 Å². The van der Waals surface area contributed by atoms with Gasteiger partial charge >= 0.3 is 0 Å². The fraction of sp³-hybridized carbons (Fsp3) is 0. The number of primary sulfonamides is 1. The summed E-state index contributed by atoms with van der Waals surface area (Å²) < 4.78 is 25.2. The molecule has 58 valence electrons. The molecular weight excluding hydrogens is 178 g/mol. The zero-order chi connectivity index (χ0) is 6.91. The molecule has 0 aliphatic rings. The van der Waals surface area contributed by atoms with Crippen molar-refractivity contribution in [1.82, 2.24) is 0 Å². The molecule has 1 aromatic rings. The van der Waals surface area contributed by atoms with Crippen molar-refractivity contribution in [2.45, 2.75) is 5.09 Å². The van der Waals surface area contributed by atoms with Crippen molar-refractivity contribution in [3.63, 3.8) is 0 Å². The van der Waals surface area contributed by atoms with Crippen LogP contribution in [-0.4, -0.2) is 8.42 Å². The Morgan fingerprint density at radius 1 is 1.50 bits per heavy atom. The number of furan rings is 1. The van der Waals surface area contributed by atoms with Crippen LogP contribution in [0.25, 0.3) is 0 Å². The van der Waals surface area contributed by atoms with E-state index in [1.165, 1.54) is 18.4 Å². The first-order valence-electron chi connectivity index (χ1n) is 2.17. The summed E-state index contributed by atoms with van der Waals surface area (Å²) in [5.74, 6) is 0. The van der Waals surface area contributed by atoms with Gasteiger partial charge < -0.3 is 4.42 Å². The van der Waals surface area contributed by atoms with E-state index in [2.05, 4.69) is 9.56 Å². The van der Waals surface area contributed by atoms with Crippen LogP contribution in [0.4, 0.5) is 0 Å². The van der Waals surface area contributed by atoms with Crippen molar-refractivity contribution in [2.75, 3.05) is 0 Å². The zero-order valence-corrected chi connectivity index (χ0v) is 6.48. The molecule has 0 bridgehead atoms. The van der Waals surface area contributed by atoms with Crippen LogP contribution < -0.4 is 5.14 Å². The van der Waals surface area contributed by atoms with Crippen LogP contribution in [0.2, 0.25) is 0 Å². The Bertz CT molecular complexity index is 277. The highest BCUT2D eigenvalue weighted by Gasteiger charge is 2.08. The monoisotopic (exact) mass is 183 g/mol. The predicted molar refractivity (Wildman–Crippen MR) is 37.3 cm³/mol. The number of hydrogen-bond acceptors (Lipinski definition) is 3. The molecule has 0 radical (unpaired) electrons. The molecule has 0 aliphatic heterocycles. The zero-order valence-electron chi connectivity index (χ0n) is 4.85. The van der Waals surface area contributed by atoms with Crippen LogP contribution in [0.5, 0.6) is 0 Å². The van der Waals surface area contributed by atoms with E-state index in [1.54, 1.807) is 0 Å². The highest BCUT2D eigenvalue weighted by molar-refractivity contribution is 7.89. The minimum atomic E-state index is -3.63. The van der Waals surface area contributed by atoms with Gasteiger partial charge in [0.15, 0.2) is 0 Å². The Morgan fingerprint density at radius 3 is 2.30 bits per heavy atom. The fourth-order valence-electron chi connectivity index (χ4n) is 0.425. The minimum absolute atomic E-state index is 0. The van der Waals surface area contributed by atoms with Gasteiger partial charge in [0.1, 0.15) is 0 Å². The van der Waals surface area contributed by atoms with Crippen molar-refractivity contribution < 1.29 is 12.8 Å². The maximum absolute atomic E-state index is 10.4. The first-order chi connectivity index (χ1) is 4.11. The first-order valence-corrected chi connectivity index (χ1v) is 3.71. The van der Waals surface area contributed by atoms with E-state index in [1.807, 2.05) is 0 Å². The summed E-state index contributed by atoms with van der Waals surface area (Å²) in [4.78, 5) is 0. The molecule has 0 spiro atoms. The third kappa shape index (κ3) is 2.02. The van der Waals surface area contributed by atoms with Gasteiger partial charge in [-0.15, -0.1) is 12.4 Å². The lowest BCUT2D eigenvalue weighted by Crippen LogP contribution is -2.10. The van der Waals surface area contributed by atoms with Gasteiger partial charge in [-0.2, -0.15) is 0 Å². The normalized spacial score (nSPS) is 10.5. The van der Waals surface area contributed by atoms with Gasteiger partial charge in [-0.25, -0.2) is 13.6 Å². The molecule has 0 saturated carbocycles. The van der Waals surface area contributed by atoms with E-state index in [0.29, 0.717) is 0 Å². The lowest BCUT2D eigenvalue weighted by atomic mass is 10.7. The number of sulfonamides is 1. The highest BCUT2D eigenvalue weighted by atomic mass is 35.5. The van der Waals surface area contributed by atoms with Crippen LogP contribution in [0.15, 0.2) is 27.9 Å². The summed E-state index contributed by atoms with van der Waals surface area (Å²) in [6.45, 7) is 0. The summed E-state index contributed by atoms with van der Waals surface area (Å²) in [5, 5.41) is 4.47. The van der Waals surface area contributed by atoms with Crippen LogP contribution in [0.1, 0.15) is 0 Å². The number of rotatable bonds is 1. The second-order valence-electron chi connectivity index (χ2n) is 1.48. The van der Waals surface area contributed by atoms with E-state index >= 15 is 0 Å². The minimum Gasteiger partial charge on any atom is -0.452 e. The van der Waals surface area contributed by atoms with E-state index in [4.69, 9.17) is 0 Å². The topological polar surface area (TPSA) is 73.3 Å². The third-order valence-electron chi connectivity index (χ3n) is 0.775. The van der Waals surface area contributed by atoms with Crippen molar-refractivity contribution in [3.05, 3.63) is 18.4 Å². The second-order valence-corrected chi connectivity index (χ2v) is 2.97. The molecule has 1 rings (SSSR count). The molecule has 0 atom stereocenters. The SMILES string of the molecule is Cl.NS(=O)(=O)c1ccco1. The Labute approximate surface area is 64.5 Å². The maximum Gasteiger partial charge on any atom is 0.271 e. The standard InChI is InChI=1S/C4H5NO3S.ClH/c5-9(6,7)4-2-1-3-8-4;/h1-3H,(H2,5,6,7);1H. The van der Waals surface area contributed by atoms with Crippen molar-refractivity contribution in [2.24, 2.45) is 5.14 Å². The van der Waals surface area contributed by atoms with E-state index in [0.717, 1.165) is 0 Å². The molecule has 6 heteroatoms. The number of halogens is 1. The predicted octanol–water partition coefficient (Wildman–Crippen LogP) is 0.349. The molecule has 1 aromatic heterocycles. The lowest BCUT2D eigenvalue weighted by Gasteiger charge is -1.86. The average molecular weight is 184 g/mol. The average Bonchev–Trinajstić information content (AvgIpc) is 2.08. The number of hydrogen-bond donors (Lipinski definition) is 1. The Hall–Kier alpha value is -0.520. The maximum atomic E-state index is 10.4. The third-order valence-corrected chi connectivity index (χ3v) is 1.57. The summed E-state index contributed by atoms with van der Waals surface area (Å²) >= 11 is 0. The summed E-state index contributed by atoms with van der Waals surface area (Å²) in [6.07, 6.45) is 1.25. The quantitative estimate of drug-likeness (QED) is 0.683. The second kappa shape index (κ2) is 3.05. The van der Waals surface area contributed by atoms with Crippen LogP contribution in [0, 0.1) is 0 Å². The molecule has 0 aliphatic carbocycles. The first kappa shape index (κ1) is 9.48. The molecule has 0 amide bonds. The molecular formula is C4H6ClNO3S. The van der Waals surface area contributed by atoms with Gasteiger partial charge in [-0.1, -0.05) is 0 Å². The largest absolute Gasteiger partial charge is 0.452 e. The molecule has 2 N–H and O–H groups in total. The molecule has 1 heterocycles. The van der Waals surface area contributed by atoms with E-state index in [9.17, 15) is 8.42 Å². The van der Waals surface area contributed by atoms with E-state index < -0.39 is 10.0 Å². The van der Waals surface area contributed by atoms with Gasteiger partial charge in [-0.05, 0) is 12.1 Å². The summed E-state index contributed by atoms with van der Waals surface area (Å²) in [6, 6.07) is 2.75. The Morgan fingerprint density at radius 2 is 2.10 bits per heavy atom. The van der Waals surface area contributed by atoms with Crippen molar-refractivity contribution in [1.29, 1.82) is 0 Å². The highest BCUT2D eigenvalue weighted by Crippen LogP contribution is 2.04. The number of nitrogens with two attached hydrogens (primary N) is 1. The molecule has 10 heavy (non-hydrogen) atoms. The van der Waals surface area contributed by atoms with Crippen molar-refractivity contribution in [3.8, 4) is 0 Å². The molecule has 0 saturated heterocycles. The lowest BCUT2D eigenvalue weighted by molar-refractivity contribution is 0.450. The smallest absolute Gasteiger partial charge is 0.271 e. The van der Waals surface area contributed by atoms with Gasteiger partial charge in [0.25, 0.3) is 10.0 Å². The van der Waals surface area contributed by atoms with Gasteiger partial charge in [0, 0.05) is 0 Å². The molecule has 0 fully saturated rings. The summed E-state index contributed by atoms with van der Waals surface area (Å²) in [7, 11) is -3.63. The Kier molecular flexibility index (Phi) is 2.89. The van der Waals surface area contributed by atoms with Crippen LogP contribution in [0.3, 0.4) is 0 Å². The van der Waals surface area contributed by atoms with Gasteiger partial charge in [0.2, 0.25) is 5.09 Å². The molecule has 4 nitrogen and oxygen atoms in total. The Balaban J connectivity index is 0.000000810. The van der Waals surface area contributed by atoms with Crippen molar-refractivity contribution >= 4 is 22.4 Å². The van der Waals surface area contributed by atoms with Crippen LogP contribution in [-0.2, 0) is 10.0 Å².